The van der Waals surface area contributed by atoms with Crippen molar-refractivity contribution in [1.29, 1.82) is 0 Å². The number of rotatable bonds is 3. The summed E-state index contributed by atoms with van der Waals surface area (Å²) in [4.78, 5) is 4.66. The van der Waals surface area contributed by atoms with E-state index in [1.165, 1.54) is 27.8 Å². The maximum absolute atomic E-state index is 4.66. The molecule has 0 aliphatic rings. The van der Waals surface area contributed by atoms with Gasteiger partial charge in [0.1, 0.15) is 0 Å². The predicted octanol–water partition coefficient (Wildman–Crippen LogP) is 5.29. The Morgan fingerprint density at radius 2 is 1.29 bits per heavy atom. The third-order valence-electron chi connectivity index (χ3n) is 3.81. The summed E-state index contributed by atoms with van der Waals surface area (Å²) in [5.41, 5.74) is 7.44. The van der Waals surface area contributed by atoms with Gasteiger partial charge in [0, 0.05) is 17.5 Å². The smallest absolute Gasteiger partial charge is 0.0485 e. The highest BCUT2D eigenvalue weighted by molar-refractivity contribution is 5.86. The Kier molecular flexibility index (Phi) is 3.83. The zero-order valence-electron chi connectivity index (χ0n) is 12.5. The standard InChI is InChI=1S/C20H19N/c1-3-18-20(17-12-8-5-9-13-17)19(15(2)14-21-18)16-10-6-4-7-11-16/h4-14H,3H2,1-2H3. The van der Waals surface area contributed by atoms with Gasteiger partial charge in [-0.1, -0.05) is 67.6 Å². The Morgan fingerprint density at radius 1 is 0.762 bits per heavy atom. The number of aromatic nitrogens is 1. The van der Waals surface area contributed by atoms with Crippen LogP contribution in [0, 0.1) is 6.92 Å². The molecular weight excluding hydrogens is 254 g/mol. The van der Waals surface area contributed by atoms with Gasteiger partial charge >= 0.3 is 0 Å². The van der Waals surface area contributed by atoms with E-state index in [4.69, 9.17) is 0 Å². The van der Waals surface area contributed by atoms with Crippen LogP contribution in [0.4, 0.5) is 0 Å². The number of hydrogen-bond donors (Lipinski definition) is 0. The van der Waals surface area contributed by atoms with E-state index in [0.717, 1.165) is 12.1 Å². The van der Waals surface area contributed by atoms with Gasteiger partial charge in [0.05, 0.1) is 0 Å². The Bertz CT molecular complexity index is 731. The number of benzene rings is 2. The molecule has 1 aromatic heterocycles. The molecule has 1 heteroatoms. The van der Waals surface area contributed by atoms with Crippen LogP contribution in [-0.4, -0.2) is 4.98 Å². The molecule has 0 aliphatic carbocycles. The van der Waals surface area contributed by atoms with E-state index < -0.39 is 0 Å². The molecule has 2 aromatic carbocycles. The van der Waals surface area contributed by atoms with Gasteiger partial charge < -0.3 is 0 Å². The minimum atomic E-state index is 0.935. The summed E-state index contributed by atoms with van der Waals surface area (Å²) in [7, 11) is 0. The minimum absolute atomic E-state index is 0.935. The molecular formula is C20H19N. The van der Waals surface area contributed by atoms with Crippen LogP contribution in [0.2, 0.25) is 0 Å². The third kappa shape index (κ3) is 2.59. The van der Waals surface area contributed by atoms with Crippen molar-refractivity contribution in [3.8, 4) is 22.3 Å². The van der Waals surface area contributed by atoms with Gasteiger partial charge in [0.25, 0.3) is 0 Å². The van der Waals surface area contributed by atoms with Gasteiger partial charge in [-0.25, -0.2) is 0 Å². The maximum atomic E-state index is 4.66. The van der Waals surface area contributed by atoms with E-state index in [9.17, 15) is 0 Å². The fraction of sp³-hybridized carbons (Fsp3) is 0.150. The molecule has 0 amide bonds. The molecule has 0 N–H and O–H groups in total. The Hall–Kier alpha value is -2.41. The molecule has 1 nitrogen and oxygen atoms in total. The molecule has 0 atom stereocenters. The predicted molar refractivity (Wildman–Crippen MR) is 89.2 cm³/mol. The quantitative estimate of drug-likeness (QED) is 0.632. The van der Waals surface area contributed by atoms with Crippen molar-refractivity contribution in [2.45, 2.75) is 20.3 Å². The van der Waals surface area contributed by atoms with E-state index in [1.807, 2.05) is 6.20 Å². The van der Waals surface area contributed by atoms with Crippen LogP contribution < -0.4 is 0 Å². The van der Waals surface area contributed by atoms with E-state index >= 15 is 0 Å². The first-order valence-corrected chi connectivity index (χ1v) is 7.40. The molecule has 0 fully saturated rings. The summed E-state index contributed by atoms with van der Waals surface area (Å²) in [6.45, 7) is 4.31. The van der Waals surface area contributed by atoms with Crippen LogP contribution in [0.15, 0.2) is 66.9 Å². The lowest BCUT2D eigenvalue weighted by Crippen LogP contribution is -1.98. The monoisotopic (exact) mass is 273 g/mol. The normalized spacial score (nSPS) is 10.6. The second-order valence-corrected chi connectivity index (χ2v) is 5.22. The average Bonchev–Trinajstić information content (AvgIpc) is 2.56. The summed E-state index contributed by atoms with van der Waals surface area (Å²) in [6, 6.07) is 21.2. The molecule has 0 saturated carbocycles. The highest BCUT2D eigenvalue weighted by Crippen LogP contribution is 2.36. The Morgan fingerprint density at radius 3 is 1.81 bits per heavy atom. The van der Waals surface area contributed by atoms with Crippen molar-refractivity contribution < 1.29 is 0 Å². The molecule has 21 heavy (non-hydrogen) atoms. The van der Waals surface area contributed by atoms with E-state index in [1.54, 1.807) is 0 Å². The van der Waals surface area contributed by atoms with Gasteiger partial charge in [-0.15, -0.1) is 0 Å². The second-order valence-electron chi connectivity index (χ2n) is 5.22. The zero-order valence-corrected chi connectivity index (χ0v) is 12.5. The number of hydrogen-bond acceptors (Lipinski definition) is 1. The largest absolute Gasteiger partial charge is 0.260 e. The molecule has 0 unspecified atom stereocenters. The van der Waals surface area contributed by atoms with E-state index in [0.29, 0.717) is 0 Å². The van der Waals surface area contributed by atoms with Gasteiger partial charge in [0.2, 0.25) is 0 Å². The van der Waals surface area contributed by atoms with Gasteiger partial charge in [0.15, 0.2) is 0 Å². The second kappa shape index (κ2) is 5.92. The highest BCUT2D eigenvalue weighted by Gasteiger charge is 2.14. The summed E-state index contributed by atoms with van der Waals surface area (Å²) >= 11 is 0. The summed E-state index contributed by atoms with van der Waals surface area (Å²) in [5.74, 6) is 0. The van der Waals surface area contributed by atoms with Gasteiger partial charge in [-0.2, -0.15) is 0 Å². The molecule has 0 bridgehead atoms. The minimum Gasteiger partial charge on any atom is -0.260 e. The van der Waals surface area contributed by atoms with E-state index in [-0.39, 0.29) is 0 Å². The molecule has 0 saturated heterocycles. The fourth-order valence-corrected chi connectivity index (χ4v) is 2.81. The molecule has 3 aromatic rings. The van der Waals surface area contributed by atoms with Gasteiger partial charge in [-0.05, 0) is 35.6 Å². The summed E-state index contributed by atoms with van der Waals surface area (Å²) in [6.07, 6.45) is 2.93. The molecule has 0 aliphatic heterocycles. The molecule has 104 valence electrons. The zero-order chi connectivity index (χ0) is 14.7. The Labute approximate surface area is 126 Å². The number of nitrogens with zero attached hydrogens (tertiary/aromatic N) is 1. The lowest BCUT2D eigenvalue weighted by atomic mass is 9.90. The SMILES string of the molecule is CCc1ncc(C)c(-c2ccccc2)c1-c1ccccc1. The van der Waals surface area contributed by atoms with Crippen LogP contribution in [0.3, 0.4) is 0 Å². The van der Waals surface area contributed by atoms with E-state index in [2.05, 4.69) is 79.5 Å². The van der Waals surface area contributed by atoms with Crippen molar-refractivity contribution in [2.24, 2.45) is 0 Å². The molecule has 0 radical (unpaired) electrons. The van der Waals surface area contributed by atoms with Crippen molar-refractivity contribution >= 4 is 0 Å². The first kappa shape index (κ1) is 13.6. The van der Waals surface area contributed by atoms with Crippen LogP contribution in [0.25, 0.3) is 22.3 Å². The number of pyridine rings is 1. The topological polar surface area (TPSA) is 12.9 Å². The fourth-order valence-electron chi connectivity index (χ4n) is 2.81. The van der Waals surface area contributed by atoms with Crippen molar-refractivity contribution in [1.82, 2.24) is 4.98 Å². The van der Waals surface area contributed by atoms with Crippen molar-refractivity contribution in [2.75, 3.05) is 0 Å². The Balaban J connectivity index is 2.33. The van der Waals surface area contributed by atoms with Gasteiger partial charge in [-0.3, -0.25) is 4.98 Å². The molecule has 1 heterocycles. The maximum Gasteiger partial charge on any atom is 0.0485 e. The molecule has 0 spiro atoms. The van der Waals surface area contributed by atoms with Crippen LogP contribution in [0.5, 0.6) is 0 Å². The van der Waals surface area contributed by atoms with Crippen LogP contribution in [-0.2, 0) is 6.42 Å². The van der Waals surface area contributed by atoms with Crippen LogP contribution in [0.1, 0.15) is 18.2 Å². The number of aryl methyl sites for hydroxylation is 2. The first-order valence-electron chi connectivity index (χ1n) is 7.40. The average molecular weight is 273 g/mol. The summed E-state index contributed by atoms with van der Waals surface area (Å²) < 4.78 is 0. The molecule has 3 rings (SSSR count). The first-order chi connectivity index (χ1) is 10.3. The lowest BCUT2D eigenvalue weighted by Gasteiger charge is -2.16. The van der Waals surface area contributed by atoms with Crippen LogP contribution >= 0.6 is 0 Å². The highest BCUT2D eigenvalue weighted by atomic mass is 14.7. The van der Waals surface area contributed by atoms with Crippen molar-refractivity contribution in [3.05, 3.63) is 78.1 Å². The lowest BCUT2D eigenvalue weighted by molar-refractivity contribution is 1.03. The third-order valence-corrected chi connectivity index (χ3v) is 3.81. The van der Waals surface area contributed by atoms with Crippen molar-refractivity contribution in [3.63, 3.8) is 0 Å². The summed E-state index contributed by atoms with van der Waals surface area (Å²) in [5, 5.41) is 0.